The van der Waals surface area contributed by atoms with Gasteiger partial charge in [0.2, 0.25) is 0 Å². The van der Waals surface area contributed by atoms with Crippen LogP contribution in [0.4, 0.5) is 11.4 Å². The van der Waals surface area contributed by atoms with E-state index in [0.717, 1.165) is 44.3 Å². The first-order valence-electron chi connectivity index (χ1n) is 9.29. The van der Waals surface area contributed by atoms with Crippen molar-refractivity contribution in [3.05, 3.63) is 72.9 Å². The lowest BCUT2D eigenvalue weighted by molar-refractivity contribution is 1.48. The summed E-state index contributed by atoms with van der Waals surface area (Å²) in [5, 5.41) is 5.85. The highest BCUT2D eigenvalue weighted by molar-refractivity contribution is 6.24. The molecule has 0 atom stereocenters. The van der Waals surface area contributed by atoms with E-state index in [1.54, 1.807) is 0 Å². The molecule has 6 rings (SSSR count). The van der Waals surface area contributed by atoms with Crippen molar-refractivity contribution in [3.63, 3.8) is 0 Å². The van der Waals surface area contributed by atoms with Gasteiger partial charge in [-0.1, -0.05) is 24.3 Å². The Morgan fingerprint density at radius 3 is 2.25 bits per heavy atom. The standard InChI is InChI=1S/C24H18N4/c25-14-5-7-20-17(10-14)19(12-27-20)23-16-4-2-1-3-13(16)9-22-24(23)18-11-15(26)6-8-21(18)28-22/h1-12,27-28H,25-26H2. The van der Waals surface area contributed by atoms with Crippen LogP contribution < -0.4 is 11.5 Å². The van der Waals surface area contributed by atoms with Crippen LogP contribution >= 0.6 is 0 Å². The summed E-state index contributed by atoms with van der Waals surface area (Å²) in [5.41, 5.74) is 19.4. The van der Waals surface area contributed by atoms with Crippen molar-refractivity contribution >= 4 is 54.9 Å². The minimum atomic E-state index is 0.757. The minimum absolute atomic E-state index is 0.757. The van der Waals surface area contributed by atoms with E-state index >= 15 is 0 Å². The highest BCUT2D eigenvalue weighted by Gasteiger charge is 2.17. The van der Waals surface area contributed by atoms with Gasteiger partial charge in [0.25, 0.3) is 0 Å². The Bertz CT molecular complexity index is 1540. The van der Waals surface area contributed by atoms with Gasteiger partial charge in [-0.3, -0.25) is 0 Å². The van der Waals surface area contributed by atoms with Crippen LogP contribution in [-0.2, 0) is 0 Å². The van der Waals surface area contributed by atoms with E-state index in [-0.39, 0.29) is 0 Å². The van der Waals surface area contributed by atoms with Crippen molar-refractivity contribution in [2.45, 2.75) is 0 Å². The average molecular weight is 362 g/mol. The summed E-state index contributed by atoms with van der Waals surface area (Å²) in [6, 6.07) is 22.7. The zero-order valence-electron chi connectivity index (χ0n) is 15.1. The summed E-state index contributed by atoms with van der Waals surface area (Å²) < 4.78 is 0. The molecule has 4 aromatic carbocycles. The van der Waals surface area contributed by atoms with Crippen molar-refractivity contribution in [3.8, 4) is 11.1 Å². The van der Waals surface area contributed by atoms with Gasteiger partial charge in [-0.2, -0.15) is 0 Å². The van der Waals surface area contributed by atoms with Crippen molar-refractivity contribution < 1.29 is 0 Å². The number of hydrogen-bond acceptors (Lipinski definition) is 2. The fraction of sp³-hybridized carbons (Fsp3) is 0. The number of aromatic amines is 2. The second kappa shape index (κ2) is 5.30. The fourth-order valence-electron chi connectivity index (χ4n) is 4.37. The molecule has 4 heteroatoms. The third-order valence-corrected chi connectivity index (χ3v) is 5.61. The molecular weight excluding hydrogens is 344 g/mol. The minimum Gasteiger partial charge on any atom is -0.399 e. The largest absolute Gasteiger partial charge is 0.399 e. The Hall–Kier alpha value is -3.92. The molecule has 134 valence electrons. The molecule has 0 amide bonds. The monoisotopic (exact) mass is 362 g/mol. The topological polar surface area (TPSA) is 83.6 Å². The summed E-state index contributed by atoms with van der Waals surface area (Å²) in [6.07, 6.45) is 2.08. The number of H-pyrrole nitrogens is 2. The molecular formula is C24H18N4. The van der Waals surface area contributed by atoms with Crippen molar-refractivity contribution in [2.24, 2.45) is 0 Å². The van der Waals surface area contributed by atoms with E-state index in [1.165, 1.54) is 21.7 Å². The number of anilines is 2. The van der Waals surface area contributed by atoms with Crippen LogP contribution in [0.3, 0.4) is 0 Å². The summed E-state index contributed by atoms with van der Waals surface area (Å²) in [4.78, 5) is 6.97. The van der Waals surface area contributed by atoms with Crippen LogP contribution in [0.25, 0.3) is 54.6 Å². The highest BCUT2D eigenvalue weighted by Crippen LogP contribution is 2.43. The molecule has 0 aliphatic heterocycles. The van der Waals surface area contributed by atoms with E-state index in [0.29, 0.717) is 0 Å². The zero-order valence-corrected chi connectivity index (χ0v) is 15.1. The van der Waals surface area contributed by atoms with Crippen LogP contribution in [0.5, 0.6) is 0 Å². The highest BCUT2D eigenvalue weighted by atomic mass is 14.7. The van der Waals surface area contributed by atoms with Gasteiger partial charge in [-0.25, -0.2) is 0 Å². The molecule has 0 aliphatic rings. The van der Waals surface area contributed by atoms with E-state index in [4.69, 9.17) is 11.5 Å². The summed E-state index contributed by atoms with van der Waals surface area (Å²) in [6.45, 7) is 0. The maximum atomic E-state index is 6.13. The number of nitrogens with two attached hydrogens (primary N) is 2. The third kappa shape index (κ3) is 2.00. The number of hydrogen-bond donors (Lipinski definition) is 4. The third-order valence-electron chi connectivity index (χ3n) is 5.61. The second-order valence-corrected chi connectivity index (χ2v) is 7.33. The van der Waals surface area contributed by atoms with Crippen LogP contribution in [0.1, 0.15) is 0 Å². The molecule has 0 saturated carbocycles. The van der Waals surface area contributed by atoms with Gasteiger partial charge in [0.15, 0.2) is 0 Å². The first-order valence-corrected chi connectivity index (χ1v) is 9.29. The Balaban J connectivity index is 1.89. The number of benzene rings is 4. The smallest absolute Gasteiger partial charge is 0.0477 e. The maximum Gasteiger partial charge on any atom is 0.0477 e. The lowest BCUT2D eigenvalue weighted by atomic mass is 9.93. The number of nitrogen functional groups attached to an aromatic ring is 2. The predicted octanol–water partition coefficient (Wildman–Crippen LogP) is 5.79. The fourth-order valence-corrected chi connectivity index (χ4v) is 4.37. The second-order valence-electron chi connectivity index (χ2n) is 7.33. The van der Waals surface area contributed by atoms with E-state index < -0.39 is 0 Å². The first-order chi connectivity index (χ1) is 13.7. The van der Waals surface area contributed by atoms with Gasteiger partial charge < -0.3 is 21.4 Å². The Morgan fingerprint density at radius 1 is 0.643 bits per heavy atom. The lowest BCUT2D eigenvalue weighted by Gasteiger charge is -2.10. The number of rotatable bonds is 1. The molecule has 0 aliphatic carbocycles. The van der Waals surface area contributed by atoms with Crippen molar-refractivity contribution in [1.82, 2.24) is 9.97 Å². The molecule has 28 heavy (non-hydrogen) atoms. The summed E-state index contributed by atoms with van der Waals surface area (Å²) in [7, 11) is 0. The molecule has 6 N–H and O–H groups in total. The lowest BCUT2D eigenvalue weighted by Crippen LogP contribution is -1.86. The number of aromatic nitrogens is 2. The van der Waals surface area contributed by atoms with Gasteiger partial charge in [0.05, 0.1) is 0 Å². The van der Waals surface area contributed by atoms with E-state index in [9.17, 15) is 0 Å². The van der Waals surface area contributed by atoms with Crippen molar-refractivity contribution in [2.75, 3.05) is 11.5 Å². The Labute approximate surface area is 160 Å². The normalized spacial score (nSPS) is 11.9. The van der Waals surface area contributed by atoms with E-state index in [1.807, 2.05) is 30.3 Å². The first kappa shape index (κ1) is 15.2. The summed E-state index contributed by atoms with van der Waals surface area (Å²) in [5.74, 6) is 0. The van der Waals surface area contributed by atoms with Gasteiger partial charge in [0, 0.05) is 61.4 Å². The Morgan fingerprint density at radius 2 is 1.39 bits per heavy atom. The Kier molecular flexibility index (Phi) is 2.87. The molecule has 4 nitrogen and oxygen atoms in total. The van der Waals surface area contributed by atoms with E-state index in [2.05, 4.69) is 52.6 Å². The molecule has 6 aromatic rings. The SMILES string of the molecule is Nc1ccc2[nH]cc(-c3c4ccccc4cc4[nH]c5ccc(N)cc5c34)c2c1. The summed E-state index contributed by atoms with van der Waals surface area (Å²) >= 11 is 0. The van der Waals surface area contributed by atoms with Gasteiger partial charge in [-0.05, 0) is 53.2 Å². The van der Waals surface area contributed by atoms with Crippen molar-refractivity contribution in [1.29, 1.82) is 0 Å². The van der Waals surface area contributed by atoms with Crippen LogP contribution in [0, 0.1) is 0 Å². The molecule has 0 saturated heterocycles. The van der Waals surface area contributed by atoms with Crippen LogP contribution in [0.2, 0.25) is 0 Å². The zero-order chi connectivity index (χ0) is 18.8. The molecule has 0 radical (unpaired) electrons. The number of fused-ring (bicyclic) bond motifs is 5. The van der Waals surface area contributed by atoms with Gasteiger partial charge in [0.1, 0.15) is 0 Å². The van der Waals surface area contributed by atoms with Gasteiger partial charge in [-0.15, -0.1) is 0 Å². The van der Waals surface area contributed by atoms with Crippen LogP contribution in [-0.4, -0.2) is 9.97 Å². The quantitative estimate of drug-likeness (QED) is 0.279. The maximum absolute atomic E-state index is 6.13. The number of nitrogens with one attached hydrogen (secondary N) is 2. The molecule has 2 aromatic heterocycles. The molecule has 2 heterocycles. The average Bonchev–Trinajstić information content (AvgIpc) is 3.27. The van der Waals surface area contributed by atoms with Gasteiger partial charge >= 0.3 is 0 Å². The van der Waals surface area contributed by atoms with Crippen LogP contribution in [0.15, 0.2) is 72.9 Å². The molecule has 0 spiro atoms. The molecule has 0 unspecified atom stereocenters. The predicted molar refractivity (Wildman–Crippen MR) is 119 cm³/mol. The molecule has 0 fully saturated rings. The molecule has 0 bridgehead atoms.